The molecule has 0 saturated carbocycles. The predicted molar refractivity (Wildman–Crippen MR) is 93.4 cm³/mol. The minimum Gasteiger partial charge on any atom is -0.334 e. The topological polar surface area (TPSA) is 53.2 Å². The van der Waals surface area contributed by atoms with Gasteiger partial charge in [0.05, 0.1) is 12.1 Å². The molecule has 0 radical (unpaired) electrons. The molecule has 23 heavy (non-hydrogen) atoms. The zero-order valence-corrected chi connectivity index (χ0v) is 14.9. The van der Waals surface area contributed by atoms with Crippen LogP contribution in [0.2, 0.25) is 0 Å². The van der Waals surface area contributed by atoms with Crippen LogP contribution in [-0.4, -0.2) is 22.3 Å². The predicted octanol–water partition coefficient (Wildman–Crippen LogP) is 3.12. The van der Waals surface area contributed by atoms with Crippen LogP contribution in [0.25, 0.3) is 0 Å². The Morgan fingerprint density at radius 2 is 2.00 bits per heavy atom. The van der Waals surface area contributed by atoms with E-state index in [0.29, 0.717) is 18.7 Å². The Kier molecular flexibility index (Phi) is 4.15. The van der Waals surface area contributed by atoms with Crippen LogP contribution in [0.5, 0.6) is 0 Å². The normalized spacial score (nSPS) is 14.3. The molecule has 0 aliphatic carbocycles. The molecular formula is C18H22N2O2S. The van der Waals surface area contributed by atoms with E-state index in [1.54, 1.807) is 11.3 Å². The minimum atomic E-state index is -0.0858. The fourth-order valence-electron chi connectivity index (χ4n) is 3.33. The first-order chi connectivity index (χ1) is 10.9. The maximum absolute atomic E-state index is 12.9. The standard InChI is InChI=1S/C18H22N2O2S/c1-5-14-12(4)16-15(23-14)6-7-20(18(16)22)9-13-10(2)8-11(3)19-17(13)21/h8H,5-7,9H2,1-4H3,(H,19,21). The van der Waals surface area contributed by atoms with Crippen LogP contribution in [0.1, 0.15) is 49.4 Å². The molecule has 4 nitrogen and oxygen atoms in total. The lowest BCUT2D eigenvalue weighted by molar-refractivity contribution is 0.0727. The van der Waals surface area contributed by atoms with E-state index in [0.717, 1.165) is 35.2 Å². The lowest BCUT2D eigenvalue weighted by Crippen LogP contribution is -2.38. The number of thiophene rings is 1. The van der Waals surface area contributed by atoms with E-state index in [4.69, 9.17) is 0 Å². The summed E-state index contributed by atoms with van der Waals surface area (Å²) in [6, 6.07) is 1.96. The van der Waals surface area contributed by atoms with Crippen molar-refractivity contribution >= 4 is 17.2 Å². The molecule has 0 unspecified atom stereocenters. The van der Waals surface area contributed by atoms with Crippen molar-refractivity contribution < 1.29 is 4.79 Å². The lowest BCUT2D eigenvalue weighted by atomic mass is 10.0. The molecule has 5 heteroatoms. The fourth-order valence-corrected chi connectivity index (χ4v) is 4.57. The zero-order chi connectivity index (χ0) is 16.7. The Balaban J connectivity index is 1.93. The Hall–Kier alpha value is -1.88. The highest BCUT2D eigenvalue weighted by Crippen LogP contribution is 2.33. The summed E-state index contributed by atoms with van der Waals surface area (Å²) in [5.41, 5.74) is 4.40. The van der Waals surface area contributed by atoms with Gasteiger partial charge in [-0.15, -0.1) is 11.3 Å². The maximum Gasteiger partial charge on any atom is 0.255 e. The third kappa shape index (κ3) is 2.74. The number of fused-ring (bicyclic) bond motifs is 1. The van der Waals surface area contributed by atoms with Crippen LogP contribution in [0, 0.1) is 20.8 Å². The van der Waals surface area contributed by atoms with Crippen molar-refractivity contribution in [2.45, 2.75) is 47.1 Å². The van der Waals surface area contributed by atoms with E-state index in [2.05, 4.69) is 11.9 Å². The van der Waals surface area contributed by atoms with Crippen molar-refractivity contribution in [3.05, 3.63) is 54.1 Å². The van der Waals surface area contributed by atoms with Gasteiger partial charge in [0.15, 0.2) is 0 Å². The number of H-pyrrole nitrogens is 1. The molecule has 1 N–H and O–H groups in total. The van der Waals surface area contributed by atoms with E-state index in [1.165, 1.54) is 9.75 Å². The molecule has 0 spiro atoms. The summed E-state index contributed by atoms with van der Waals surface area (Å²) >= 11 is 1.77. The fraction of sp³-hybridized carbons (Fsp3) is 0.444. The van der Waals surface area contributed by atoms with Crippen molar-refractivity contribution in [3.63, 3.8) is 0 Å². The molecule has 3 rings (SSSR count). The number of nitrogens with one attached hydrogen (secondary N) is 1. The molecule has 2 aromatic heterocycles. The van der Waals surface area contributed by atoms with Crippen molar-refractivity contribution in [1.29, 1.82) is 0 Å². The summed E-state index contributed by atoms with van der Waals surface area (Å²) < 4.78 is 0. The first kappa shape index (κ1) is 16.0. The van der Waals surface area contributed by atoms with Gasteiger partial charge in [-0.2, -0.15) is 0 Å². The summed E-state index contributed by atoms with van der Waals surface area (Å²) in [5.74, 6) is 0.0686. The van der Waals surface area contributed by atoms with Crippen LogP contribution in [0.15, 0.2) is 10.9 Å². The zero-order valence-electron chi connectivity index (χ0n) is 14.1. The first-order valence-electron chi connectivity index (χ1n) is 8.02. The van der Waals surface area contributed by atoms with Crippen LogP contribution >= 0.6 is 11.3 Å². The van der Waals surface area contributed by atoms with Crippen molar-refractivity contribution in [2.24, 2.45) is 0 Å². The SMILES string of the molecule is CCc1sc2c(c1C)C(=O)N(Cc1c(C)cc(C)[nH]c1=O)CC2. The number of pyridine rings is 1. The number of hydrogen-bond donors (Lipinski definition) is 1. The summed E-state index contributed by atoms with van der Waals surface area (Å²) in [4.78, 5) is 32.2. The van der Waals surface area contributed by atoms with E-state index in [-0.39, 0.29) is 11.5 Å². The second kappa shape index (κ2) is 5.96. The summed E-state index contributed by atoms with van der Waals surface area (Å²) in [6.45, 7) is 9.04. The number of hydrogen-bond acceptors (Lipinski definition) is 3. The number of rotatable bonds is 3. The molecular weight excluding hydrogens is 308 g/mol. The van der Waals surface area contributed by atoms with Gasteiger partial charge in [-0.25, -0.2) is 0 Å². The number of nitrogens with zero attached hydrogens (tertiary/aromatic N) is 1. The Morgan fingerprint density at radius 3 is 2.65 bits per heavy atom. The van der Waals surface area contributed by atoms with E-state index >= 15 is 0 Å². The van der Waals surface area contributed by atoms with Gasteiger partial charge in [0, 0.05) is 34.0 Å². The van der Waals surface area contributed by atoms with Crippen LogP contribution in [0.4, 0.5) is 0 Å². The molecule has 1 aliphatic heterocycles. The van der Waals surface area contributed by atoms with Crippen LogP contribution in [-0.2, 0) is 19.4 Å². The van der Waals surface area contributed by atoms with Gasteiger partial charge < -0.3 is 9.88 Å². The van der Waals surface area contributed by atoms with Gasteiger partial charge >= 0.3 is 0 Å². The van der Waals surface area contributed by atoms with Crippen LogP contribution in [0.3, 0.4) is 0 Å². The molecule has 0 saturated heterocycles. The second-order valence-electron chi connectivity index (χ2n) is 6.22. The number of aryl methyl sites for hydroxylation is 3. The van der Waals surface area contributed by atoms with Gasteiger partial charge in [0.2, 0.25) is 0 Å². The average molecular weight is 330 g/mol. The van der Waals surface area contributed by atoms with Gasteiger partial charge in [-0.1, -0.05) is 6.92 Å². The molecule has 0 fully saturated rings. The molecule has 0 aromatic carbocycles. The molecule has 2 aromatic rings. The molecule has 122 valence electrons. The molecule has 1 amide bonds. The average Bonchev–Trinajstić information content (AvgIpc) is 2.82. The Labute approximate surface area is 140 Å². The molecule has 1 aliphatic rings. The number of carbonyl (C=O) groups is 1. The van der Waals surface area contributed by atoms with Crippen molar-refractivity contribution in [1.82, 2.24) is 9.88 Å². The van der Waals surface area contributed by atoms with Gasteiger partial charge in [-0.3, -0.25) is 9.59 Å². The number of carbonyl (C=O) groups excluding carboxylic acids is 1. The largest absolute Gasteiger partial charge is 0.334 e. The number of aromatic amines is 1. The molecule has 0 atom stereocenters. The molecule has 3 heterocycles. The van der Waals surface area contributed by atoms with Crippen molar-refractivity contribution in [2.75, 3.05) is 6.54 Å². The van der Waals surface area contributed by atoms with Gasteiger partial charge in [0.1, 0.15) is 0 Å². The van der Waals surface area contributed by atoms with E-state index in [9.17, 15) is 9.59 Å². The number of aromatic nitrogens is 1. The summed E-state index contributed by atoms with van der Waals surface area (Å²) in [5, 5.41) is 0. The second-order valence-corrected chi connectivity index (χ2v) is 7.41. The smallest absolute Gasteiger partial charge is 0.255 e. The minimum absolute atomic E-state index is 0.0686. The van der Waals surface area contributed by atoms with Crippen LogP contribution < -0.4 is 5.56 Å². The third-order valence-electron chi connectivity index (χ3n) is 4.59. The van der Waals surface area contributed by atoms with E-state index in [1.807, 2.05) is 31.7 Å². The quantitative estimate of drug-likeness (QED) is 0.940. The first-order valence-corrected chi connectivity index (χ1v) is 8.83. The molecule has 0 bridgehead atoms. The monoisotopic (exact) mass is 330 g/mol. The highest BCUT2D eigenvalue weighted by Gasteiger charge is 2.29. The lowest BCUT2D eigenvalue weighted by Gasteiger charge is -2.27. The maximum atomic E-state index is 12.9. The summed E-state index contributed by atoms with van der Waals surface area (Å²) in [7, 11) is 0. The Morgan fingerprint density at radius 1 is 1.26 bits per heavy atom. The summed E-state index contributed by atoms with van der Waals surface area (Å²) in [6.07, 6.45) is 1.85. The van der Waals surface area contributed by atoms with Gasteiger partial charge in [-0.05, 0) is 44.4 Å². The van der Waals surface area contributed by atoms with Crippen molar-refractivity contribution in [3.8, 4) is 0 Å². The Bertz CT molecular complexity index is 832. The van der Waals surface area contributed by atoms with Gasteiger partial charge in [0.25, 0.3) is 11.5 Å². The highest BCUT2D eigenvalue weighted by atomic mass is 32.1. The highest BCUT2D eigenvalue weighted by molar-refractivity contribution is 7.12. The number of amides is 1. The van der Waals surface area contributed by atoms with E-state index < -0.39 is 0 Å². The third-order valence-corrected chi connectivity index (χ3v) is 6.09.